The van der Waals surface area contributed by atoms with Crippen LogP contribution < -0.4 is 21.1 Å². The first-order chi connectivity index (χ1) is 20.1. The van der Waals surface area contributed by atoms with Gasteiger partial charge in [-0.1, -0.05) is 12.1 Å². The fourth-order valence-electron chi connectivity index (χ4n) is 4.76. The number of nitrogens with zero attached hydrogens (tertiary/aromatic N) is 3. The summed E-state index contributed by atoms with van der Waals surface area (Å²) in [5.41, 5.74) is 7.15. The average molecular weight is 577 g/mol. The van der Waals surface area contributed by atoms with Gasteiger partial charge >= 0.3 is 5.97 Å². The minimum absolute atomic E-state index is 0.0108. The second kappa shape index (κ2) is 14.1. The van der Waals surface area contributed by atoms with Crippen molar-refractivity contribution in [1.82, 2.24) is 10.2 Å². The lowest BCUT2D eigenvalue weighted by Gasteiger charge is -2.30. The first-order valence-electron chi connectivity index (χ1n) is 14.3. The van der Waals surface area contributed by atoms with E-state index in [9.17, 15) is 14.4 Å². The van der Waals surface area contributed by atoms with E-state index < -0.39 is 11.6 Å². The van der Waals surface area contributed by atoms with Gasteiger partial charge in [-0.05, 0) is 82.1 Å². The van der Waals surface area contributed by atoms with Crippen LogP contribution in [-0.2, 0) is 14.3 Å². The number of benzene rings is 2. The van der Waals surface area contributed by atoms with Crippen molar-refractivity contribution in [3.05, 3.63) is 59.7 Å². The Labute approximate surface area is 246 Å². The third kappa shape index (κ3) is 9.41. The van der Waals surface area contributed by atoms with Crippen molar-refractivity contribution < 1.29 is 23.9 Å². The van der Waals surface area contributed by atoms with E-state index in [0.717, 1.165) is 42.9 Å². The Morgan fingerprint density at radius 1 is 1.07 bits per heavy atom. The predicted molar refractivity (Wildman–Crippen MR) is 162 cm³/mol. The molecule has 2 atom stereocenters. The summed E-state index contributed by atoms with van der Waals surface area (Å²) in [7, 11) is 0. The number of likely N-dealkylation sites (tertiary alicyclic amines) is 1. The molecule has 1 saturated heterocycles. The van der Waals surface area contributed by atoms with Crippen LogP contribution in [0.1, 0.15) is 55.5 Å². The maximum absolute atomic E-state index is 12.4. The van der Waals surface area contributed by atoms with Gasteiger partial charge in [-0.25, -0.2) is 4.99 Å². The molecule has 4 N–H and O–H groups in total. The van der Waals surface area contributed by atoms with Crippen LogP contribution in [0.4, 0.5) is 5.69 Å². The second-order valence-electron chi connectivity index (χ2n) is 11.5. The molecule has 2 unspecified atom stereocenters. The highest BCUT2D eigenvalue weighted by Gasteiger charge is 2.23. The molecule has 2 amide bonds. The minimum Gasteiger partial charge on any atom is -0.492 e. The number of guanidine groups is 1. The topological polar surface area (TPSA) is 148 Å². The number of aliphatic imine (C=N–C) groups is 2. The lowest BCUT2D eigenvalue weighted by atomic mass is 9.98. The number of ether oxygens (including phenoxy) is 2. The summed E-state index contributed by atoms with van der Waals surface area (Å²) in [5, 5.41) is 5.81. The highest BCUT2D eigenvalue weighted by atomic mass is 16.6. The number of nitrogens with one attached hydrogen (secondary N) is 2. The molecule has 0 saturated carbocycles. The largest absolute Gasteiger partial charge is 0.492 e. The van der Waals surface area contributed by atoms with Crippen molar-refractivity contribution in [2.45, 2.75) is 45.1 Å². The summed E-state index contributed by atoms with van der Waals surface area (Å²) in [6, 6.07) is 14.8. The average Bonchev–Trinajstić information content (AvgIpc) is 2.96. The molecule has 2 aromatic rings. The van der Waals surface area contributed by atoms with Gasteiger partial charge in [0, 0.05) is 36.5 Å². The van der Waals surface area contributed by atoms with E-state index in [1.165, 1.54) is 0 Å². The fourth-order valence-corrected chi connectivity index (χ4v) is 4.76. The molecule has 42 heavy (non-hydrogen) atoms. The molecule has 4 rings (SSSR count). The molecule has 11 nitrogen and oxygen atoms in total. The van der Waals surface area contributed by atoms with Crippen LogP contribution in [0.25, 0.3) is 0 Å². The van der Waals surface area contributed by atoms with Crippen LogP contribution in [0.5, 0.6) is 5.75 Å². The highest BCUT2D eigenvalue weighted by Crippen LogP contribution is 2.21. The first kappa shape index (κ1) is 30.7. The number of amides is 2. The van der Waals surface area contributed by atoms with Gasteiger partial charge in [0.05, 0.1) is 12.5 Å². The van der Waals surface area contributed by atoms with Crippen LogP contribution in [0.3, 0.4) is 0 Å². The van der Waals surface area contributed by atoms with E-state index in [-0.39, 0.29) is 30.2 Å². The lowest BCUT2D eigenvalue weighted by Crippen LogP contribution is -2.42. The lowest BCUT2D eigenvalue weighted by molar-refractivity contribution is -0.153. The molecule has 2 aliphatic rings. The monoisotopic (exact) mass is 576 g/mol. The van der Waals surface area contributed by atoms with Gasteiger partial charge < -0.3 is 25.8 Å². The molecule has 11 heteroatoms. The Bertz CT molecular complexity index is 1300. The van der Waals surface area contributed by atoms with Crippen molar-refractivity contribution in [2.24, 2.45) is 21.6 Å². The molecule has 0 aromatic heterocycles. The summed E-state index contributed by atoms with van der Waals surface area (Å²) in [5.74, 6) is 0.159. The normalized spacial score (nSPS) is 19.0. The number of esters is 1. The van der Waals surface area contributed by atoms with Gasteiger partial charge in [0.2, 0.25) is 11.9 Å². The van der Waals surface area contributed by atoms with Gasteiger partial charge in [0.15, 0.2) is 0 Å². The van der Waals surface area contributed by atoms with E-state index in [2.05, 4.69) is 25.5 Å². The summed E-state index contributed by atoms with van der Waals surface area (Å²) < 4.78 is 11.1. The van der Waals surface area contributed by atoms with Gasteiger partial charge in [0.1, 0.15) is 24.5 Å². The Hall–Kier alpha value is -4.25. The molecular formula is C31H40N6O5. The molecule has 224 valence electrons. The second-order valence-corrected chi connectivity index (χ2v) is 11.5. The van der Waals surface area contributed by atoms with Crippen molar-refractivity contribution in [1.29, 1.82) is 0 Å². The smallest absolute Gasteiger partial charge is 0.325 e. The van der Waals surface area contributed by atoms with E-state index >= 15 is 0 Å². The maximum Gasteiger partial charge on any atom is 0.325 e. The molecule has 2 aromatic carbocycles. The Balaban J connectivity index is 1.19. The molecule has 0 aliphatic carbocycles. The minimum atomic E-state index is -0.601. The van der Waals surface area contributed by atoms with Crippen LogP contribution in [0.2, 0.25) is 0 Å². The summed E-state index contributed by atoms with van der Waals surface area (Å²) in [6.07, 6.45) is 3.68. The van der Waals surface area contributed by atoms with Crippen molar-refractivity contribution in [3.8, 4) is 5.75 Å². The summed E-state index contributed by atoms with van der Waals surface area (Å²) >= 11 is 0. The van der Waals surface area contributed by atoms with Crippen LogP contribution in [-0.4, -0.2) is 79.8 Å². The number of carbonyl (C=O) groups excluding carboxylic acids is 3. The summed E-state index contributed by atoms with van der Waals surface area (Å²) in [6.45, 7) is 8.61. The molecule has 1 fully saturated rings. The number of carbonyl (C=O) groups is 3. The van der Waals surface area contributed by atoms with Crippen molar-refractivity contribution in [2.75, 3.05) is 44.6 Å². The van der Waals surface area contributed by atoms with Crippen LogP contribution >= 0.6 is 0 Å². The zero-order valence-corrected chi connectivity index (χ0v) is 24.5. The van der Waals surface area contributed by atoms with E-state index in [1.807, 2.05) is 42.6 Å². The fraction of sp³-hybridized carbons (Fsp3) is 0.452. The van der Waals surface area contributed by atoms with Gasteiger partial charge in [-0.15, -0.1) is 0 Å². The molecule has 0 spiro atoms. The number of anilines is 1. The Morgan fingerprint density at radius 3 is 2.45 bits per heavy atom. The highest BCUT2D eigenvalue weighted by molar-refractivity contribution is 6.00. The summed E-state index contributed by atoms with van der Waals surface area (Å²) in [4.78, 5) is 47.0. The molecule has 0 bridgehead atoms. The number of piperidine rings is 1. The first-order valence-corrected chi connectivity index (χ1v) is 14.3. The van der Waals surface area contributed by atoms with Crippen LogP contribution in [0, 0.1) is 5.92 Å². The van der Waals surface area contributed by atoms with Gasteiger partial charge in [-0.3, -0.25) is 24.3 Å². The number of primary amides is 1. The maximum atomic E-state index is 12.4. The van der Waals surface area contributed by atoms with Gasteiger partial charge in [-0.2, -0.15) is 0 Å². The SMILES string of the molecule is CC(C)(C)OC(=O)CNC(=O)c1ccc(C2C=NC(Nc3ccc(OCCN4CCCC(C(N)=O)C4)cc3)=NC2)cc1. The zero-order chi connectivity index (χ0) is 30.1. The zero-order valence-electron chi connectivity index (χ0n) is 24.5. The third-order valence-electron chi connectivity index (χ3n) is 6.92. The van der Waals surface area contributed by atoms with Gasteiger partial charge in [0.25, 0.3) is 5.91 Å². The van der Waals surface area contributed by atoms with Crippen molar-refractivity contribution >= 4 is 35.6 Å². The number of rotatable bonds is 10. The number of hydrogen-bond acceptors (Lipinski definition) is 9. The molecule has 2 aliphatic heterocycles. The molecule has 2 heterocycles. The van der Waals surface area contributed by atoms with E-state index in [1.54, 1.807) is 32.9 Å². The molecule has 0 radical (unpaired) electrons. The Morgan fingerprint density at radius 2 is 1.81 bits per heavy atom. The standard InChI is InChI=1S/C31H40N6O5/c1-31(2,3)42-27(38)19-33-29(40)22-8-6-21(7-9-22)24-17-34-30(35-18-24)36-25-10-12-26(13-11-25)41-16-15-37-14-4-5-23(20-37)28(32)39/h6-13,17,23-24H,4-5,14-16,18-20H2,1-3H3,(H2,32,39)(H,33,40)(H,35,36). The van der Waals surface area contributed by atoms with Crippen molar-refractivity contribution in [3.63, 3.8) is 0 Å². The van der Waals surface area contributed by atoms with E-state index in [0.29, 0.717) is 31.2 Å². The molecular weight excluding hydrogens is 536 g/mol. The Kier molecular flexibility index (Phi) is 10.3. The number of nitrogens with two attached hydrogens (primary N) is 1. The quantitative estimate of drug-likeness (QED) is 0.368. The third-order valence-corrected chi connectivity index (χ3v) is 6.92. The predicted octanol–water partition coefficient (Wildman–Crippen LogP) is 2.97. The van der Waals surface area contributed by atoms with E-state index in [4.69, 9.17) is 15.2 Å². The van der Waals surface area contributed by atoms with Crippen LogP contribution in [0.15, 0.2) is 58.5 Å². The number of hydrogen-bond donors (Lipinski definition) is 3.